The number of fused-ring (bicyclic) bond motifs is 7. The molecule has 8 rings (SSSR count). The Morgan fingerprint density at radius 3 is 1.97 bits per heavy atom. The predicted molar refractivity (Wildman–Crippen MR) is 230 cm³/mol. The van der Waals surface area contributed by atoms with Gasteiger partial charge in [-0.2, -0.15) is 0 Å². The molecule has 8 aliphatic rings. The SMILES string of the molecule is C=C(C)[C@H]1CC[C@]2(C(=O)O[C@@H]3O[C@H](CO[C@@H]4O[C@H](CO)[C@@H](O[C@H]5O[C@@H](C)[C@H](O)[C@@H](O)[C@@H]5O)[C@H](O)[C@H]4O)[C@@H](O)[C@H](O)[C@H]3O)CC[C@]3(C)[C@H](CC[C@@H]4[C@]5(C)CC[C@H](O)[C@@](C)(CO)[C@@H]5CC[C@]43C)[C@H]12. The number of aliphatic hydroxyl groups excluding tert-OH is 11. The molecule has 66 heavy (non-hydrogen) atoms. The van der Waals surface area contributed by atoms with Crippen LogP contribution >= 0.6 is 0 Å². The Hall–Kier alpha value is -1.43. The summed E-state index contributed by atoms with van der Waals surface area (Å²) in [6.45, 7) is 15.8. The first kappa shape index (κ1) is 50.9. The van der Waals surface area contributed by atoms with E-state index in [1.165, 1.54) is 6.92 Å². The lowest BCUT2D eigenvalue weighted by molar-refractivity contribution is -0.361. The third-order valence-electron chi connectivity index (χ3n) is 19.8. The van der Waals surface area contributed by atoms with Gasteiger partial charge in [-0.15, -0.1) is 0 Å². The Kier molecular flexibility index (Phi) is 14.1. The number of hydrogen-bond donors (Lipinski definition) is 11. The molecular formula is C48H78O18. The maximum Gasteiger partial charge on any atom is 0.314 e. The molecule has 11 N–H and O–H groups in total. The topological polar surface area (TPSA) is 295 Å². The Morgan fingerprint density at radius 1 is 0.652 bits per heavy atom. The summed E-state index contributed by atoms with van der Waals surface area (Å²) < 4.78 is 34.7. The van der Waals surface area contributed by atoms with Crippen molar-refractivity contribution in [3.8, 4) is 0 Å². The molecule has 0 aromatic carbocycles. The number of allylic oxidation sites excluding steroid dienone is 1. The fourth-order valence-corrected chi connectivity index (χ4v) is 15.7. The van der Waals surface area contributed by atoms with E-state index in [4.69, 9.17) is 28.4 Å². The van der Waals surface area contributed by atoms with Crippen molar-refractivity contribution in [3.05, 3.63) is 12.2 Å². The van der Waals surface area contributed by atoms with Crippen LogP contribution in [0.5, 0.6) is 0 Å². The predicted octanol–water partition coefficient (Wildman–Crippen LogP) is -0.00360. The highest BCUT2D eigenvalue weighted by Crippen LogP contribution is 2.77. The molecule has 5 saturated carbocycles. The van der Waals surface area contributed by atoms with Crippen LogP contribution in [0.2, 0.25) is 0 Å². The van der Waals surface area contributed by atoms with E-state index in [9.17, 15) is 61.0 Å². The Labute approximate surface area is 387 Å². The minimum absolute atomic E-state index is 0.0378. The van der Waals surface area contributed by atoms with Crippen LogP contribution < -0.4 is 0 Å². The molecule has 3 heterocycles. The van der Waals surface area contributed by atoms with Gasteiger partial charge in [-0.3, -0.25) is 4.79 Å². The summed E-state index contributed by atoms with van der Waals surface area (Å²) in [4.78, 5) is 15.0. The van der Waals surface area contributed by atoms with Crippen molar-refractivity contribution >= 4 is 5.97 Å². The zero-order valence-corrected chi connectivity index (χ0v) is 39.3. The Bertz CT molecular complexity index is 1770. The zero-order chi connectivity index (χ0) is 48.2. The smallest absolute Gasteiger partial charge is 0.314 e. The monoisotopic (exact) mass is 943 g/mol. The van der Waals surface area contributed by atoms with Crippen molar-refractivity contribution in [1.29, 1.82) is 0 Å². The van der Waals surface area contributed by atoms with Gasteiger partial charge in [-0.05, 0) is 124 Å². The Morgan fingerprint density at radius 2 is 1.30 bits per heavy atom. The van der Waals surface area contributed by atoms with Crippen LogP contribution in [0.4, 0.5) is 0 Å². The van der Waals surface area contributed by atoms with Gasteiger partial charge in [0.2, 0.25) is 6.29 Å². The molecule has 0 unspecified atom stereocenters. The van der Waals surface area contributed by atoms with E-state index in [2.05, 4.69) is 34.3 Å². The first-order valence-corrected chi connectivity index (χ1v) is 24.4. The molecule has 3 aliphatic heterocycles. The molecule has 26 atom stereocenters. The van der Waals surface area contributed by atoms with Gasteiger partial charge in [0, 0.05) is 5.41 Å². The van der Waals surface area contributed by atoms with Crippen molar-refractivity contribution in [1.82, 2.24) is 0 Å². The standard InChI is InChI=1S/C48H78O18/c1-21(2)23-10-15-48(17-16-46(6)24(30(23)48)8-9-28-44(4)13-12-29(51)45(5,20-50)27(44)11-14-47(28,46)7)43(60)66-42-37(58)34(55)32(53)26(64-42)19-61-40-38(59)35(56)39(25(18-49)63-40)65-41-36(57)33(54)31(52)22(3)62-41/h22-42,49-59H,1,8-20H2,2-7H3/t22-,23+,24+,25+,26+,27+,28+,29-,30-,31-,32+,33+,34-,35+,36-,37+,38+,39+,40+,41+,42-,44+,45-,46+,47+,48-/m0/s1. The fourth-order valence-electron chi connectivity index (χ4n) is 15.7. The van der Waals surface area contributed by atoms with E-state index in [-0.39, 0.29) is 46.5 Å². The fraction of sp³-hybridized carbons (Fsp3) is 0.938. The quantitative estimate of drug-likeness (QED) is 0.101. The lowest BCUT2D eigenvalue weighted by Gasteiger charge is -2.72. The van der Waals surface area contributed by atoms with E-state index in [1.54, 1.807) is 0 Å². The number of esters is 1. The van der Waals surface area contributed by atoms with Crippen LogP contribution in [0.3, 0.4) is 0 Å². The van der Waals surface area contributed by atoms with Crippen LogP contribution in [0.15, 0.2) is 12.2 Å². The third kappa shape index (κ3) is 7.69. The van der Waals surface area contributed by atoms with Crippen LogP contribution in [-0.4, -0.2) is 180 Å². The van der Waals surface area contributed by atoms with Gasteiger partial charge < -0.3 is 84.6 Å². The molecule has 0 amide bonds. The highest BCUT2D eigenvalue weighted by molar-refractivity contribution is 5.78. The van der Waals surface area contributed by atoms with E-state index in [1.807, 2.05) is 6.92 Å². The minimum Gasteiger partial charge on any atom is -0.432 e. The first-order chi connectivity index (χ1) is 30.9. The summed E-state index contributed by atoms with van der Waals surface area (Å²) in [5, 5.41) is 118. The van der Waals surface area contributed by atoms with Gasteiger partial charge in [0.25, 0.3) is 0 Å². The lowest BCUT2D eigenvalue weighted by atomic mass is 9.32. The van der Waals surface area contributed by atoms with E-state index >= 15 is 0 Å². The normalized spacial score (nSPS) is 56.0. The molecule has 0 radical (unpaired) electrons. The van der Waals surface area contributed by atoms with E-state index in [0.717, 1.165) is 50.5 Å². The third-order valence-corrected chi connectivity index (χ3v) is 19.8. The van der Waals surface area contributed by atoms with Crippen LogP contribution in [-0.2, 0) is 33.2 Å². The average molecular weight is 943 g/mol. The van der Waals surface area contributed by atoms with Crippen molar-refractivity contribution in [2.45, 2.75) is 204 Å². The molecular weight excluding hydrogens is 865 g/mol. The molecule has 0 bridgehead atoms. The summed E-state index contributed by atoms with van der Waals surface area (Å²) >= 11 is 0. The second kappa shape index (κ2) is 18.3. The van der Waals surface area contributed by atoms with Gasteiger partial charge in [0.1, 0.15) is 67.1 Å². The molecule has 3 saturated heterocycles. The molecule has 18 nitrogen and oxygen atoms in total. The summed E-state index contributed by atoms with van der Waals surface area (Å²) in [6, 6.07) is 0. The summed E-state index contributed by atoms with van der Waals surface area (Å²) in [7, 11) is 0. The maximum absolute atomic E-state index is 15.0. The first-order valence-electron chi connectivity index (χ1n) is 24.4. The summed E-state index contributed by atoms with van der Waals surface area (Å²) in [6.07, 6.45) is -16.9. The second-order valence-electron chi connectivity index (χ2n) is 22.8. The number of aliphatic hydroxyl groups is 11. The zero-order valence-electron chi connectivity index (χ0n) is 39.3. The highest BCUT2D eigenvalue weighted by atomic mass is 16.8. The average Bonchev–Trinajstić information content (AvgIpc) is 3.69. The second-order valence-corrected chi connectivity index (χ2v) is 22.8. The molecule has 5 aliphatic carbocycles. The molecule has 0 aromatic rings. The van der Waals surface area contributed by atoms with Gasteiger partial charge >= 0.3 is 5.97 Å². The van der Waals surface area contributed by atoms with Crippen molar-refractivity contribution in [2.24, 2.45) is 56.7 Å². The van der Waals surface area contributed by atoms with Crippen molar-refractivity contribution < 1.29 is 89.4 Å². The number of carbonyl (C=O) groups excluding carboxylic acids is 1. The van der Waals surface area contributed by atoms with Crippen molar-refractivity contribution in [2.75, 3.05) is 19.8 Å². The summed E-state index contributed by atoms with van der Waals surface area (Å²) in [5.41, 5.74) is -0.817. The highest BCUT2D eigenvalue weighted by Gasteiger charge is 2.73. The molecule has 8 fully saturated rings. The van der Waals surface area contributed by atoms with Crippen LogP contribution in [0, 0.1) is 56.7 Å². The summed E-state index contributed by atoms with van der Waals surface area (Å²) in [5.74, 6) is 0.0482. The Balaban J connectivity index is 0.965. The molecule has 0 spiro atoms. The largest absolute Gasteiger partial charge is 0.432 e. The minimum atomic E-state index is -1.85. The van der Waals surface area contributed by atoms with Gasteiger partial charge in [0.05, 0.1) is 37.4 Å². The van der Waals surface area contributed by atoms with Crippen LogP contribution in [0.25, 0.3) is 0 Å². The lowest BCUT2D eigenvalue weighted by Crippen LogP contribution is -2.68. The van der Waals surface area contributed by atoms with Gasteiger partial charge in [0.15, 0.2) is 12.6 Å². The van der Waals surface area contributed by atoms with Crippen molar-refractivity contribution in [3.63, 3.8) is 0 Å². The number of carbonyl (C=O) groups is 1. The van der Waals surface area contributed by atoms with Gasteiger partial charge in [-0.25, -0.2) is 0 Å². The molecule has 378 valence electrons. The maximum atomic E-state index is 15.0. The number of ether oxygens (including phenoxy) is 6. The molecule has 18 heteroatoms. The van der Waals surface area contributed by atoms with E-state index in [0.29, 0.717) is 25.2 Å². The van der Waals surface area contributed by atoms with E-state index < -0.39 is 128 Å². The van der Waals surface area contributed by atoms with Gasteiger partial charge in [-0.1, -0.05) is 39.8 Å². The number of rotatable bonds is 10. The number of hydrogen-bond acceptors (Lipinski definition) is 18. The molecule has 0 aromatic heterocycles. The van der Waals surface area contributed by atoms with Crippen LogP contribution in [0.1, 0.15) is 106 Å².